The quantitative estimate of drug-likeness (QED) is 0.735. The number of carbonyl (C=O) groups is 1. The van der Waals surface area contributed by atoms with E-state index in [1.807, 2.05) is 62.5 Å². The molecule has 2 aromatic carbocycles. The van der Waals surface area contributed by atoms with Gasteiger partial charge in [-0.2, -0.15) is 0 Å². The topological polar surface area (TPSA) is 56.0 Å². The number of nitrogens with zero attached hydrogens (tertiary/aromatic N) is 2. The second-order valence-corrected chi connectivity index (χ2v) is 5.58. The molecule has 0 saturated heterocycles. The lowest BCUT2D eigenvalue weighted by atomic mass is 10.1. The smallest absolute Gasteiger partial charge is 0.295 e. The summed E-state index contributed by atoms with van der Waals surface area (Å²) >= 11 is 0. The molecule has 0 fully saturated rings. The van der Waals surface area contributed by atoms with Gasteiger partial charge in [0.05, 0.1) is 17.9 Å². The number of hydrogen-bond donors (Lipinski definition) is 1. The molecule has 0 aliphatic rings. The van der Waals surface area contributed by atoms with Gasteiger partial charge in [0.2, 0.25) is 0 Å². The van der Waals surface area contributed by atoms with Crippen LogP contribution < -0.4 is 10.9 Å². The van der Waals surface area contributed by atoms with Gasteiger partial charge in [0.15, 0.2) is 5.78 Å². The largest absolute Gasteiger partial charge is 0.372 e. The lowest BCUT2D eigenvalue weighted by Gasteiger charge is -2.07. The Kier molecular flexibility index (Phi) is 4.33. The van der Waals surface area contributed by atoms with Gasteiger partial charge in [-0.3, -0.25) is 14.3 Å². The number of aromatic nitrogens is 2. The number of nitrogens with one attached hydrogen (secondary N) is 1. The van der Waals surface area contributed by atoms with Crippen molar-refractivity contribution in [2.24, 2.45) is 7.05 Å². The summed E-state index contributed by atoms with van der Waals surface area (Å²) in [7, 11) is 1.83. The van der Waals surface area contributed by atoms with Gasteiger partial charge in [-0.05, 0) is 19.1 Å². The molecule has 0 amide bonds. The summed E-state index contributed by atoms with van der Waals surface area (Å²) in [6.45, 7) is 1.94. The molecule has 0 saturated carbocycles. The molecular weight excluding hydrogens is 302 g/mol. The van der Waals surface area contributed by atoms with Crippen LogP contribution in [0, 0.1) is 6.92 Å². The molecule has 0 radical (unpaired) electrons. The van der Waals surface area contributed by atoms with Gasteiger partial charge in [-0.25, -0.2) is 4.68 Å². The van der Waals surface area contributed by atoms with Gasteiger partial charge in [0, 0.05) is 12.6 Å². The van der Waals surface area contributed by atoms with Crippen molar-refractivity contribution in [1.29, 1.82) is 0 Å². The molecule has 3 aromatic rings. The molecule has 0 spiro atoms. The Morgan fingerprint density at radius 1 is 1.00 bits per heavy atom. The fourth-order valence-corrected chi connectivity index (χ4v) is 2.67. The first-order valence-electron chi connectivity index (χ1n) is 7.75. The van der Waals surface area contributed by atoms with Crippen LogP contribution in [0.2, 0.25) is 0 Å². The van der Waals surface area contributed by atoms with Crippen LogP contribution in [-0.4, -0.2) is 21.7 Å². The van der Waals surface area contributed by atoms with Crippen molar-refractivity contribution in [2.45, 2.75) is 6.92 Å². The van der Waals surface area contributed by atoms with E-state index in [0.29, 0.717) is 11.3 Å². The van der Waals surface area contributed by atoms with E-state index in [4.69, 9.17) is 0 Å². The molecule has 1 N–H and O–H groups in total. The SMILES string of the molecule is Cc1c(NCC(=O)c2ccccc2)c(=O)n(-c2ccccc2)n1C. The summed E-state index contributed by atoms with van der Waals surface area (Å²) in [5.74, 6) is -0.0514. The highest BCUT2D eigenvalue weighted by molar-refractivity contribution is 5.98. The molecular formula is C19H19N3O2. The van der Waals surface area contributed by atoms with Crippen LogP contribution in [0.1, 0.15) is 16.1 Å². The van der Waals surface area contributed by atoms with Gasteiger partial charge in [-0.1, -0.05) is 48.5 Å². The summed E-state index contributed by atoms with van der Waals surface area (Å²) in [5.41, 5.74) is 2.48. The zero-order valence-corrected chi connectivity index (χ0v) is 13.7. The summed E-state index contributed by atoms with van der Waals surface area (Å²) in [5, 5.41) is 3.01. The van der Waals surface area contributed by atoms with E-state index < -0.39 is 0 Å². The Morgan fingerprint density at radius 3 is 2.21 bits per heavy atom. The average molecular weight is 321 g/mol. The number of Topliss-reactive ketones (excluding diaryl/α,β-unsaturated/α-hetero) is 1. The number of anilines is 1. The van der Waals surface area contributed by atoms with Crippen molar-refractivity contribution >= 4 is 11.5 Å². The van der Waals surface area contributed by atoms with Crippen LogP contribution in [0.25, 0.3) is 5.69 Å². The highest BCUT2D eigenvalue weighted by atomic mass is 16.1. The number of rotatable bonds is 5. The summed E-state index contributed by atoms with van der Waals surface area (Å²) in [6, 6.07) is 18.5. The second kappa shape index (κ2) is 6.58. The minimum atomic E-state index is -0.165. The minimum Gasteiger partial charge on any atom is -0.372 e. The van der Waals surface area contributed by atoms with Crippen LogP contribution in [0.3, 0.4) is 0 Å². The van der Waals surface area contributed by atoms with E-state index in [2.05, 4.69) is 5.32 Å². The molecule has 0 bridgehead atoms. The van der Waals surface area contributed by atoms with Crippen LogP contribution in [0.15, 0.2) is 65.5 Å². The van der Waals surface area contributed by atoms with E-state index in [1.54, 1.807) is 21.5 Å². The number of carbonyl (C=O) groups excluding carboxylic acids is 1. The first-order chi connectivity index (χ1) is 11.6. The van der Waals surface area contributed by atoms with Gasteiger partial charge in [0.25, 0.3) is 5.56 Å². The van der Waals surface area contributed by atoms with Gasteiger partial charge in [0.1, 0.15) is 5.69 Å². The van der Waals surface area contributed by atoms with Crippen LogP contribution in [0.4, 0.5) is 5.69 Å². The van der Waals surface area contributed by atoms with Crippen LogP contribution in [-0.2, 0) is 7.05 Å². The van der Waals surface area contributed by atoms with Crippen molar-refractivity contribution in [3.05, 3.63) is 82.3 Å². The van der Waals surface area contributed by atoms with Crippen molar-refractivity contribution < 1.29 is 4.79 Å². The molecule has 24 heavy (non-hydrogen) atoms. The molecule has 0 aliphatic carbocycles. The number of para-hydroxylation sites is 1. The number of benzene rings is 2. The highest BCUT2D eigenvalue weighted by Gasteiger charge is 2.16. The van der Waals surface area contributed by atoms with Crippen molar-refractivity contribution in [3.63, 3.8) is 0 Å². The standard InChI is InChI=1S/C19H19N3O2/c1-14-18(20-13-17(23)15-9-5-3-6-10-15)19(24)22(21(14)2)16-11-7-4-8-12-16/h3-12,20H,13H2,1-2H3. The first-order valence-corrected chi connectivity index (χ1v) is 7.75. The molecule has 1 heterocycles. The predicted octanol–water partition coefficient (Wildman–Crippen LogP) is 2.78. The summed E-state index contributed by atoms with van der Waals surface area (Å²) in [4.78, 5) is 25.0. The maximum Gasteiger partial charge on any atom is 0.295 e. The number of ketones is 1. The third kappa shape index (κ3) is 2.88. The van der Waals surface area contributed by atoms with Gasteiger partial charge >= 0.3 is 0 Å². The van der Waals surface area contributed by atoms with Crippen molar-refractivity contribution in [3.8, 4) is 5.69 Å². The first kappa shape index (κ1) is 15.8. The summed E-state index contributed by atoms with van der Waals surface area (Å²) < 4.78 is 3.37. The van der Waals surface area contributed by atoms with Gasteiger partial charge in [-0.15, -0.1) is 0 Å². The fraction of sp³-hybridized carbons (Fsp3) is 0.158. The third-order valence-electron chi connectivity index (χ3n) is 4.08. The van der Waals surface area contributed by atoms with E-state index >= 15 is 0 Å². The van der Waals surface area contributed by atoms with E-state index in [0.717, 1.165) is 11.4 Å². The summed E-state index contributed by atoms with van der Waals surface area (Å²) in [6.07, 6.45) is 0. The molecule has 0 unspecified atom stereocenters. The van der Waals surface area contributed by atoms with Crippen LogP contribution >= 0.6 is 0 Å². The van der Waals surface area contributed by atoms with Crippen molar-refractivity contribution in [2.75, 3.05) is 11.9 Å². The van der Waals surface area contributed by atoms with E-state index in [1.165, 1.54) is 0 Å². The second-order valence-electron chi connectivity index (χ2n) is 5.58. The zero-order valence-electron chi connectivity index (χ0n) is 13.7. The van der Waals surface area contributed by atoms with Crippen molar-refractivity contribution in [1.82, 2.24) is 9.36 Å². The Labute approximate surface area is 140 Å². The lowest BCUT2D eigenvalue weighted by molar-refractivity contribution is 0.101. The number of hydrogen-bond acceptors (Lipinski definition) is 3. The Balaban J connectivity index is 1.88. The highest BCUT2D eigenvalue weighted by Crippen LogP contribution is 2.14. The molecule has 5 heteroatoms. The Bertz CT molecular complexity index is 909. The van der Waals surface area contributed by atoms with Crippen LogP contribution in [0.5, 0.6) is 0 Å². The maximum atomic E-state index is 12.7. The third-order valence-corrected chi connectivity index (χ3v) is 4.08. The molecule has 5 nitrogen and oxygen atoms in total. The fourth-order valence-electron chi connectivity index (χ4n) is 2.67. The molecule has 0 aliphatic heterocycles. The monoisotopic (exact) mass is 321 g/mol. The molecule has 122 valence electrons. The minimum absolute atomic E-state index is 0.0514. The molecule has 3 rings (SSSR count). The Hall–Kier alpha value is -3.08. The lowest BCUT2D eigenvalue weighted by Crippen LogP contribution is -2.22. The molecule has 0 atom stereocenters. The van der Waals surface area contributed by atoms with E-state index in [9.17, 15) is 9.59 Å². The zero-order chi connectivity index (χ0) is 17.1. The maximum absolute atomic E-state index is 12.7. The average Bonchev–Trinajstić information content (AvgIpc) is 2.83. The molecule has 1 aromatic heterocycles. The normalized spacial score (nSPS) is 10.6. The Morgan fingerprint density at radius 2 is 1.58 bits per heavy atom. The van der Waals surface area contributed by atoms with Gasteiger partial charge < -0.3 is 5.32 Å². The van der Waals surface area contributed by atoms with E-state index in [-0.39, 0.29) is 17.9 Å². The predicted molar refractivity (Wildman–Crippen MR) is 95.0 cm³/mol.